The van der Waals surface area contributed by atoms with Crippen LogP contribution >= 0.6 is 0 Å². The van der Waals surface area contributed by atoms with Crippen molar-refractivity contribution in [2.45, 2.75) is 24.8 Å². The zero-order chi connectivity index (χ0) is 13.8. The number of hydrogen-bond donors (Lipinski definition) is 0. The SMILES string of the molecule is COCCN(C(C)C)S(=O)(=O)c1ccccc1F. The molecule has 1 rings (SSSR count). The number of sulfonamides is 1. The van der Waals surface area contributed by atoms with Gasteiger partial charge in [0.05, 0.1) is 6.61 Å². The quantitative estimate of drug-likeness (QED) is 0.796. The second-order valence-corrected chi connectivity index (χ2v) is 5.99. The third-order valence-electron chi connectivity index (χ3n) is 2.52. The van der Waals surface area contributed by atoms with Crippen LogP contribution in [-0.4, -0.2) is 39.0 Å². The number of hydrogen-bond acceptors (Lipinski definition) is 3. The van der Waals surface area contributed by atoms with Crippen molar-refractivity contribution in [1.82, 2.24) is 4.31 Å². The van der Waals surface area contributed by atoms with Gasteiger partial charge >= 0.3 is 0 Å². The fourth-order valence-electron chi connectivity index (χ4n) is 1.62. The van der Waals surface area contributed by atoms with Gasteiger partial charge < -0.3 is 4.74 Å². The lowest BCUT2D eigenvalue weighted by Gasteiger charge is -2.25. The van der Waals surface area contributed by atoms with Crippen LogP contribution < -0.4 is 0 Å². The number of benzene rings is 1. The molecule has 1 aromatic carbocycles. The van der Waals surface area contributed by atoms with E-state index in [9.17, 15) is 12.8 Å². The van der Waals surface area contributed by atoms with Crippen molar-refractivity contribution in [2.24, 2.45) is 0 Å². The molecule has 0 N–H and O–H groups in total. The van der Waals surface area contributed by atoms with Crippen LogP contribution in [0.15, 0.2) is 29.2 Å². The molecule has 0 saturated heterocycles. The average molecular weight is 275 g/mol. The Morgan fingerprint density at radius 3 is 2.44 bits per heavy atom. The predicted molar refractivity (Wildman–Crippen MR) is 67.3 cm³/mol. The van der Waals surface area contributed by atoms with Crippen molar-refractivity contribution < 1.29 is 17.5 Å². The van der Waals surface area contributed by atoms with Gasteiger partial charge in [-0.2, -0.15) is 4.31 Å². The minimum Gasteiger partial charge on any atom is -0.383 e. The van der Waals surface area contributed by atoms with Gasteiger partial charge in [0, 0.05) is 19.7 Å². The molecule has 0 spiro atoms. The van der Waals surface area contributed by atoms with E-state index in [1.165, 1.54) is 29.6 Å². The molecular weight excluding hydrogens is 257 g/mol. The molecule has 102 valence electrons. The van der Waals surface area contributed by atoms with Gasteiger partial charge in [-0.3, -0.25) is 0 Å². The largest absolute Gasteiger partial charge is 0.383 e. The molecule has 0 aromatic heterocycles. The highest BCUT2D eigenvalue weighted by atomic mass is 32.2. The number of halogens is 1. The van der Waals surface area contributed by atoms with Gasteiger partial charge in [-0.1, -0.05) is 12.1 Å². The molecule has 0 aliphatic heterocycles. The Kier molecular flexibility index (Phi) is 5.25. The lowest BCUT2D eigenvalue weighted by atomic mass is 10.3. The van der Waals surface area contributed by atoms with Crippen molar-refractivity contribution in [3.8, 4) is 0 Å². The lowest BCUT2D eigenvalue weighted by molar-refractivity contribution is 0.170. The third-order valence-corrected chi connectivity index (χ3v) is 4.62. The van der Waals surface area contributed by atoms with Crippen LogP contribution in [0.1, 0.15) is 13.8 Å². The van der Waals surface area contributed by atoms with Crippen molar-refractivity contribution in [3.05, 3.63) is 30.1 Å². The summed E-state index contributed by atoms with van der Waals surface area (Å²) in [6.07, 6.45) is 0. The molecule has 0 fully saturated rings. The molecule has 0 bridgehead atoms. The third kappa shape index (κ3) is 3.28. The predicted octanol–water partition coefficient (Wildman–Crippen LogP) is 1.87. The summed E-state index contributed by atoms with van der Waals surface area (Å²) in [6.45, 7) is 3.96. The summed E-state index contributed by atoms with van der Waals surface area (Å²) in [5, 5.41) is 0. The molecule has 0 atom stereocenters. The Balaban J connectivity index is 3.14. The Morgan fingerprint density at radius 2 is 1.94 bits per heavy atom. The van der Waals surface area contributed by atoms with Crippen LogP contribution in [0.5, 0.6) is 0 Å². The molecule has 0 aliphatic carbocycles. The summed E-state index contributed by atoms with van der Waals surface area (Å²) in [6, 6.07) is 5.12. The monoisotopic (exact) mass is 275 g/mol. The summed E-state index contributed by atoms with van der Waals surface area (Å²) in [4.78, 5) is -0.296. The van der Waals surface area contributed by atoms with Crippen molar-refractivity contribution >= 4 is 10.0 Å². The Hall–Kier alpha value is -0.980. The van der Waals surface area contributed by atoms with Crippen molar-refractivity contribution in [1.29, 1.82) is 0 Å². The van der Waals surface area contributed by atoms with E-state index in [0.717, 1.165) is 6.07 Å². The Bertz CT molecular complexity index is 488. The Labute approximate surface area is 107 Å². The number of nitrogens with zero attached hydrogens (tertiary/aromatic N) is 1. The fourth-order valence-corrected chi connectivity index (χ4v) is 3.31. The molecule has 0 radical (unpaired) electrons. The molecule has 18 heavy (non-hydrogen) atoms. The summed E-state index contributed by atoms with van der Waals surface area (Å²) >= 11 is 0. The zero-order valence-electron chi connectivity index (χ0n) is 10.8. The van der Waals surface area contributed by atoms with Gasteiger partial charge in [-0.05, 0) is 26.0 Å². The second kappa shape index (κ2) is 6.26. The Morgan fingerprint density at radius 1 is 1.33 bits per heavy atom. The lowest BCUT2D eigenvalue weighted by Crippen LogP contribution is -2.39. The average Bonchev–Trinajstić information content (AvgIpc) is 2.29. The minimum absolute atomic E-state index is 0.199. The van der Waals surface area contributed by atoms with E-state index in [-0.39, 0.29) is 24.1 Å². The first-order chi connectivity index (χ1) is 8.41. The molecule has 0 aliphatic rings. The van der Waals surface area contributed by atoms with E-state index in [1.807, 2.05) is 0 Å². The molecule has 4 nitrogen and oxygen atoms in total. The van der Waals surface area contributed by atoms with Crippen molar-refractivity contribution in [2.75, 3.05) is 20.3 Å². The fraction of sp³-hybridized carbons (Fsp3) is 0.500. The van der Waals surface area contributed by atoms with Crippen LogP contribution in [0.25, 0.3) is 0 Å². The van der Waals surface area contributed by atoms with Gasteiger partial charge in [0.1, 0.15) is 10.7 Å². The first kappa shape index (κ1) is 15.1. The van der Waals surface area contributed by atoms with Crippen LogP contribution in [-0.2, 0) is 14.8 Å². The van der Waals surface area contributed by atoms with Crippen molar-refractivity contribution in [3.63, 3.8) is 0 Å². The maximum absolute atomic E-state index is 13.6. The molecule has 0 unspecified atom stereocenters. The van der Waals surface area contributed by atoms with E-state index in [4.69, 9.17) is 4.74 Å². The molecule has 0 amide bonds. The van der Waals surface area contributed by atoms with Gasteiger partial charge in [0.15, 0.2) is 0 Å². The standard InChI is InChI=1S/C12H18FNO3S/c1-10(2)14(8-9-17-3)18(15,16)12-7-5-4-6-11(12)13/h4-7,10H,8-9H2,1-3H3. The first-order valence-corrected chi connectivity index (χ1v) is 7.10. The zero-order valence-corrected chi connectivity index (χ0v) is 11.6. The molecule has 1 aromatic rings. The first-order valence-electron chi connectivity index (χ1n) is 5.66. The normalized spacial score (nSPS) is 12.3. The topological polar surface area (TPSA) is 46.6 Å². The maximum Gasteiger partial charge on any atom is 0.246 e. The van der Waals surface area contributed by atoms with Gasteiger partial charge in [0.25, 0.3) is 0 Å². The number of rotatable bonds is 6. The van der Waals surface area contributed by atoms with Gasteiger partial charge in [-0.15, -0.1) is 0 Å². The van der Waals surface area contributed by atoms with Gasteiger partial charge in [0.2, 0.25) is 10.0 Å². The summed E-state index contributed by atoms with van der Waals surface area (Å²) in [7, 11) is -2.33. The van der Waals surface area contributed by atoms with Crippen LogP contribution in [0, 0.1) is 5.82 Å². The highest BCUT2D eigenvalue weighted by molar-refractivity contribution is 7.89. The molecule has 0 saturated carbocycles. The minimum atomic E-state index is -3.82. The van der Waals surface area contributed by atoms with E-state index >= 15 is 0 Å². The number of methoxy groups -OCH3 is 1. The maximum atomic E-state index is 13.6. The highest BCUT2D eigenvalue weighted by Crippen LogP contribution is 2.20. The van der Waals surface area contributed by atoms with E-state index in [0.29, 0.717) is 0 Å². The van der Waals surface area contributed by atoms with Crippen LogP contribution in [0.4, 0.5) is 4.39 Å². The summed E-state index contributed by atoms with van der Waals surface area (Å²) < 4.78 is 44.4. The van der Waals surface area contributed by atoms with E-state index < -0.39 is 15.8 Å². The molecule has 0 heterocycles. The van der Waals surface area contributed by atoms with Crippen LogP contribution in [0.3, 0.4) is 0 Å². The summed E-state index contributed by atoms with van der Waals surface area (Å²) in [5.74, 6) is -0.736. The highest BCUT2D eigenvalue weighted by Gasteiger charge is 2.28. The van der Waals surface area contributed by atoms with Gasteiger partial charge in [-0.25, -0.2) is 12.8 Å². The van der Waals surface area contributed by atoms with E-state index in [1.54, 1.807) is 13.8 Å². The van der Waals surface area contributed by atoms with Crippen LogP contribution in [0.2, 0.25) is 0 Å². The second-order valence-electron chi connectivity index (χ2n) is 4.13. The summed E-state index contributed by atoms with van der Waals surface area (Å²) in [5.41, 5.74) is 0. The molecule has 6 heteroatoms. The molecular formula is C12H18FNO3S. The van der Waals surface area contributed by atoms with E-state index in [2.05, 4.69) is 0 Å². The number of ether oxygens (including phenoxy) is 1. The smallest absolute Gasteiger partial charge is 0.246 e.